The number of hydrogen-bond donors (Lipinski definition) is 0. The standard InChI is InChI=1S/C12H9BrO/c1-9(10-5-3-2-4-6-10)12-11(13)7-8-14-12/h2-8H,1H2. The third-order valence-corrected chi connectivity index (χ3v) is 2.64. The fourth-order valence-corrected chi connectivity index (χ4v) is 1.72. The van der Waals surface area contributed by atoms with Crippen LogP contribution in [0.3, 0.4) is 0 Å². The molecule has 1 heterocycles. The zero-order valence-corrected chi connectivity index (χ0v) is 9.12. The van der Waals surface area contributed by atoms with Gasteiger partial charge in [0.1, 0.15) is 5.76 Å². The summed E-state index contributed by atoms with van der Waals surface area (Å²) >= 11 is 3.41. The van der Waals surface area contributed by atoms with Crippen LogP contribution in [0.25, 0.3) is 5.57 Å². The van der Waals surface area contributed by atoms with Crippen LogP contribution >= 0.6 is 15.9 Å². The molecule has 0 unspecified atom stereocenters. The minimum absolute atomic E-state index is 0.788. The molecule has 1 nitrogen and oxygen atoms in total. The van der Waals surface area contributed by atoms with Gasteiger partial charge in [-0.2, -0.15) is 0 Å². The Morgan fingerprint density at radius 3 is 2.43 bits per heavy atom. The molecule has 0 fully saturated rings. The van der Waals surface area contributed by atoms with Crippen LogP contribution in [0, 0.1) is 0 Å². The molecule has 14 heavy (non-hydrogen) atoms. The van der Waals surface area contributed by atoms with Gasteiger partial charge in [-0.25, -0.2) is 0 Å². The Kier molecular flexibility index (Phi) is 2.55. The molecule has 0 atom stereocenters. The van der Waals surface area contributed by atoms with Gasteiger partial charge in [0.15, 0.2) is 0 Å². The van der Waals surface area contributed by atoms with E-state index in [1.165, 1.54) is 0 Å². The average molecular weight is 249 g/mol. The van der Waals surface area contributed by atoms with Gasteiger partial charge in [-0.3, -0.25) is 0 Å². The molecule has 2 aromatic rings. The van der Waals surface area contributed by atoms with Crippen LogP contribution in [0.15, 0.2) is 58.1 Å². The van der Waals surface area contributed by atoms with Crippen LogP contribution in [0.2, 0.25) is 0 Å². The molecular formula is C12H9BrO. The second kappa shape index (κ2) is 3.84. The molecule has 0 spiro atoms. The fourth-order valence-electron chi connectivity index (χ4n) is 1.28. The van der Waals surface area contributed by atoms with Crippen LogP contribution in [-0.2, 0) is 0 Å². The summed E-state index contributed by atoms with van der Waals surface area (Å²) in [6.45, 7) is 4.00. The van der Waals surface area contributed by atoms with Crippen LogP contribution < -0.4 is 0 Å². The molecule has 0 aliphatic carbocycles. The van der Waals surface area contributed by atoms with Gasteiger partial charge in [-0.1, -0.05) is 36.9 Å². The number of rotatable bonds is 2. The quantitative estimate of drug-likeness (QED) is 0.780. The Labute approximate surface area is 91.2 Å². The second-order valence-corrected chi connectivity index (χ2v) is 3.80. The van der Waals surface area contributed by atoms with Crippen LogP contribution in [0.1, 0.15) is 11.3 Å². The summed E-state index contributed by atoms with van der Waals surface area (Å²) in [7, 11) is 0. The Balaban J connectivity index is 2.39. The molecule has 2 rings (SSSR count). The van der Waals surface area contributed by atoms with E-state index in [2.05, 4.69) is 22.5 Å². The molecule has 0 saturated heterocycles. The molecule has 0 amide bonds. The second-order valence-electron chi connectivity index (χ2n) is 2.94. The van der Waals surface area contributed by atoms with E-state index in [0.29, 0.717) is 0 Å². The van der Waals surface area contributed by atoms with Crippen LogP contribution in [0.5, 0.6) is 0 Å². The third kappa shape index (κ3) is 1.66. The van der Waals surface area contributed by atoms with Crippen molar-refractivity contribution in [1.82, 2.24) is 0 Å². The Bertz CT molecular complexity index is 442. The molecule has 0 aliphatic rings. The lowest BCUT2D eigenvalue weighted by molar-refractivity contribution is 0.552. The van der Waals surface area contributed by atoms with Crippen molar-refractivity contribution < 1.29 is 4.42 Å². The van der Waals surface area contributed by atoms with Crippen molar-refractivity contribution in [3.63, 3.8) is 0 Å². The Hall–Kier alpha value is -1.28. The molecule has 2 heteroatoms. The summed E-state index contributed by atoms with van der Waals surface area (Å²) in [5.74, 6) is 0.788. The maximum absolute atomic E-state index is 5.33. The van der Waals surface area contributed by atoms with Gasteiger partial charge in [0.2, 0.25) is 0 Å². The van der Waals surface area contributed by atoms with E-state index in [1.54, 1.807) is 6.26 Å². The molecule has 0 N–H and O–H groups in total. The molecular weight excluding hydrogens is 240 g/mol. The molecule has 1 aromatic heterocycles. The number of hydrogen-bond acceptors (Lipinski definition) is 1. The van der Waals surface area contributed by atoms with Gasteiger partial charge < -0.3 is 4.42 Å². The molecule has 1 aromatic carbocycles. The Morgan fingerprint density at radius 1 is 1.14 bits per heavy atom. The van der Waals surface area contributed by atoms with Gasteiger partial charge in [-0.15, -0.1) is 0 Å². The SMILES string of the molecule is C=C(c1ccccc1)c1occc1Br. The highest BCUT2D eigenvalue weighted by Gasteiger charge is 2.08. The maximum Gasteiger partial charge on any atom is 0.148 e. The first-order valence-corrected chi connectivity index (χ1v) is 5.06. The largest absolute Gasteiger partial charge is 0.463 e. The van der Waals surface area contributed by atoms with Crippen molar-refractivity contribution in [2.45, 2.75) is 0 Å². The minimum atomic E-state index is 0.788. The summed E-state index contributed by atoms with van der Waals surface area (Å²) in [6.07, 6.45) is 1.65. The van der Waals surface area contributed by atoms with Gasteiger partial charge in [0, 0.05) is 5.57 Å². The zero-order valence-electron chi connectivity index (χ0n) is 7.53. The minimum Gasteiger partial charge on any atom is -0.463 e. The predicted molar refractivity (Wildman–Crippen MR) is 61.0 cm³/mol. The van der Waals surface area contributed by atoms with Gasteiger partial charge >= 0.3 is 0 Å². The fraction of sp³-hybridized carbons (Fsp3) is 0. The van der Waals surface area contributed by atoms with E-state index in [-0.39, 0.29) is 0 Å². The molecule has 0 saturated carbocycles. The van der Waals surface area contributed by atoms with Crippen molar-refractivity contribution in [3.8, 4) is 0 Å². The zero-order chi connectivity index (χ0) is 9.97. The summed E-state index contributed by atoms with van der Waals surface area (Å²) in [5.41, 5.74) is 1.96. The van der Waals surface area contributed by atoms with E-state index in [1.807, 2.05) is 36.4 Å². The van der Waals surface area contributed by atoms with E-state index in [9.17, 15) is 0 Å². The normalized spacial score (nSPS) is 10.1. The first-order chi connectivity index (χ1) is 6.79. The lowest BCUT2D eigenvalue weighted by atomic mass is 10.1. The first kappa shape index (κ1) is 9.28. The van der Waals surface area contributed by atoms with E-state index in [0.717, 1.165) is 21.4 Å². The lowest BCUT2D eigenvalue weighted by Gasteiger charge is -2.02. The van der Waals surface area contributed by atoms with Gasteiger partial charge in [-0.05, 0) is 27.6 Å². The molecule has 0 radical (unpaired) electrons. The summed E-state index contributed by atoms with van der Waals surface area (Å²) in [4.78, 5) is 0. The molecule has 70 valence electrons. The first-order valence-electron chi connectivity index (χ1n) is 4.27. The van der Waals surface area contributed by atoms with Crippen molar-refractivity contribution in [2.75, 3.05) is 0 Å². The maximum atomic E-state index is 5.33. The Morgan fingerprint density at radius 2 is 1.86 bits per heavy atom. The van der Waals surface area contributed by atoms with Gasteiger partial charge in [0.25, 0.3) is 0 Å². The van der Waals surface area contributed by atoms with Crippen LogP contribution in [-0.4, -0.2) is 0 Å². The monoisotopic (exact) mass is 248 g/mol. The number of benzene rings is 1. The highest BCUT2D eigenvalue weighted by molar-refractivity contribution is 9.10. The average Bonchev–Trinajstić information content (AvgIpc) is 2.65. The lowest BCUT2D eigenvalue weighted by Crippen LogP contribution is -1.83. The smallest absolute Gasteiger partial charge is 0.148 e. The topological polar surface area (TPSA) is 13.1 Å². The van der Waals surface area contributed by atoms with Crippen molar-refractivity contribution in [1.29, 1.82) is 0 Å². The van der Waals surface area contributed by atoms with Crippen molar-refractivity contribution >= 4 is 21.5 Å². The van der Waals surface area contributed by atoms with Crippen molar-refractivity contribution in [3.05, 3.63) is 65.0 Å². The number of halogens is 1. The summed E-state index contributed by atoms with van der Waals surface area (Å²) in [6, 6.07) is 11.8. The third-order valence-electron chi connectivity index (χ3n) is 2.01. The summed E-state index contributed by atoms with van der Waals surface area (Å²) in [5, 5.41) is 0. The highest BCUT2D eigenvalue weighted by atomic mass is 79.9. The van der Waals surface area contributed by atoms with E-state index >= 15 is 0 Å². The highest BCUT2D eigenvalue weighted by Crippen LogP contribution is 2.28. The van der Waals surface area contributed by atoms with Crippen molar-refractivity contribution in [2.24, 2.45) is 0 Å². The number of furan rings is 1. The molecule has 0 aliphatic heterocycles. The summed E-state index contributed by atoms with van der Waals surface area (Å²) < 4.78 is 6.27. The predicted octanol–water partition coefficient (Wildman–Crippen LogP) is 4.10. The van der Waals surface area contributed by atoms with E-state index < -0.39 is 0 Å². The van der Waals surface area contributed by atoms with Crippen LogP contribution in [0.4, 0.5) is 0 Å². The van der Waals surface area contributed by atoms with Gasteiger partial charge in [0.05, 0.1) is 10.7 Å². The molecule has 0 bridgehead atoms. The van der Waals surface area contributed by atoms with E-state index in [4.69, 9.17) is 4.42 Å².